The number of amides is 1. The minimum Gasteiger partial charge on any atom is -0.356 e. The number of hydrogen-bond donors (Lipinski definition) is 1. The summed E-state index contributed by atoms with van der Waals surface area (Å²) >= 11 is 0. The first kappa shape index (κ1) is 12.7. The first-order valence-electron chi connectivity index (χ1n) is 5.93. The Bertz CT molecular complexity index is 293. The van der Waals surface area contributed by atoms with Gasteiger partial charge in [0.05, 0.1) is 6.33 Å². The van der Waals surface area contributed by atoms with E-state index in [1.807, 2.05) is 26.4 Å². The van der Waals surface area contributed by atoms with Gasteiger partial charge in [-0.1, -0.05) is 13.8 Å². The highest BCUT2D eigenvalue weighted by Gasteiger charge is 2.04. The molecule has 0 spiro atoms. The van der Waals surface area contributed by atoms with Crippen LogP contribution in [0.4, 0.5) is 0 Å². The minimum atomic E-state index is 0.0888. The normalized spacial score (nSPS) is 10.7. The Morgan fingerprint density at radius 3 is 2.81 bits per heavy atom. The monoisotopic (exact) mass is 223 g/mol. The van der Waals surface area contributed by atoms with E-state index in [0.29, 0.717) is 0 Å². The number of hydrogen-bond acceptors (Lipinski definition) is 2. The second kappa shape index (κ2) is 7.04. The molecule has 0 unspecified atom stereocenters. The molecule has 1 aromatic rings. The number of aromatic nitrogens is 2. The van der Waals surface area contributed by atoms with Gasteiger partial charge in [-0.2, -0.15) is 0 Å². The summed E-state index contributed by atoms with van der Waals surface area (Å²) in [5.41, 5.74) is 0. The van der Waals surface area contributed by atoms with Gasteiger partial charge in [0.2, 0.25) is 5.91 Å². The lowest BCUT2D eigenvalue weighted by molar-refractivity contribution is -0.123. The van der Waals surface area contributed by atoms with E-state index in [1.54, 1.807) is 6.20 Å². The van der Waals surface area contributed by atoms with Crippen molar-refractivity contribution < 1.29 is 4.79 Å². The van der Waals surface area contributed by atoms with Gasteiger partial charge in [0.15, 0.2) is 0 Å². The Labute approximate surface area is 97.1 Å². The van der Waals surface area contributed by atoms with E-state index in [2.05, 4.69) is 14.9 Å². The Kier molecular flexibility index (Phi) is 5.61. The molecule has 16 heavy (non-hydrogen) atoms. The number of carbonyl (C=O) groups is 1. The van der Waals surface area contributed by atoms with Gasteiger partial charge in [-0.05, 0) is 19.3 Å². The number of rotatable bonds is 7. The van der Waals surface area contributed by atoms with Crippen molar-refractivity contribution in [2.75, 3.05) is 6.54 Å². The highest BCUT2D eigenvalue weighted by atomic mass is 16.1. The molecule has 0 aliphatic carbocycles. The molecule has 0 bridgehead atoms. The van der Waals surface area contributed by atoms with Crippen LogP contribution in [0.3, 0.4) is 0 Å². The highest BCUT2D eigenvalue weighted by molar-refractivity contribution is 5.77. The lowest BCUT2D eigenvalue weighted by Crippen LogP contribution is -2.28. The molecule has 1 amide bonds. The van der Waals surface area contributed by atoms with Crippen molar-refractivity contribution in [2.45, 2.75) is 39.7 Å². The molecule has 0 atom stereocenters. The molecule has 0 saturated carbocycles. The Morgan fingerprint density at radius 1 is 1.38 bits per heavy atom. The van der Waals surface area contributed by atoms with Crippen LogP contribution in [0, 0.1) is 5.92 Å². The van der Waals surface area contributed by atoms with E-state index in [9.17, 15) is 4.79 Å². The number of nitrogens with one attached hydrogen (secondary N) is 1. The van der Waals surface area contributed by atoms with Crippen molar-refractivity contribution in [2.24, 2.45) is 5.92 Å². The molecule has 1 rings (SSSR count). The van der Waals surface area contributed by atoms with Crippen LogP contribution < -0.4 is 5.32 Å². The van der Waals surface area contributed by atoms with Crippen LogP contribution in [-0.2, 0) is 11.3 Å². The largest absolute Gasteiger partial charge is 0.356 e. The van der Waals surface area contributed by atoms with Gasteiger partial charge < -0.3 is 9.88 Å². The molecule has 1 heterocycles. The summed E-state index contributed by atoms with van der Waals surface area (Å²) in [6.45, 7) is 5.63. The van der Waals surface area contributed by atoms with Gasteiger partial charge in [-0.25, -0.2) is 4.98 Å². The Balaban J connectivity index is 1.94. The first-order chi connectivity index (χ1) is 7.70. The number of imidazole rings is 1. The molecular weight excluding hydrogens is 202 g/mol. The average molecular weight is 223 g/mol. The van der Waals surface area contributed by atoms with Gasteiger partial charge in [-0.15, -0.1) is 0 Å². The molecule has 0 radical (unpaired) electrons. The quantitative estimate of drug-likeness (QED) is 0.717. The molecule has 0 saturated heterocycles. The van der Waals surface area contributed by atoms with E-state index in [1.165, 1.54) is 0 Å². The van der Waals surface area contributed by atoms with Crippen molar-refractivity contribution >= 4 is 5.91 Å². The maximum absolute atomic E-state index is 11.2. The van der Waals surface area contributed by atoms with Gasteiger partial charge in [-0.3, -0.25) is 4.79 Å². The zero-order valence-electron chi connectivity index (χ0n) is 10.1. The van der Waals surface area contributed by atoms with Crippen molar-refractivity contribution in [3.8, 4) is 0 Å². The fourth-order valence-electron chi connectivity index (χ4n) is 1.43. The van der Waals surface area contributed by atoms with Crippen LogP contribution in [0.1, 0.15) is 33.1 Å². The molecule has 90 valence electrons. The maximum Gasteiger partial charge on any atom is 0.222 e. The standard InChI is InChI=1S/C12H21N3O/c1-11(2)12(16)14-6-4-3-5-8-15-9-7-13-10-15/h7,9-11H,3-6,8H2,1-2H3,(H,14,16). The molecule has 0 aliphatic rings. The molecule has 4 heteroatoms. The van der Waals surface area contributed by atoms with Crippen molar-refractivity contribution in [1.29, 1.82) is 0 Å². The predicted octanol–water partition coefficient (Wildman–Crippen LogP) is 1.83. The highest BCUT2D eigenvalue weighted by Crippen LogP contribution is 1.99. The van der Waals surface area contributed by atoms with Crippen LogP contribution in [0.25, 0.3) is 0 Å². The van der Waals surface area contributed by atoms with Crippen LogP contribution in [-0.4, -0.2) is 22.0 Å². The third-order valence-electron chi connectivity index (χ3n) is 2.48. The van der Waals surface area contributed by atoms with Gasteiger partial charge in [0, 0.05) is 31.4 Å². The average Bonchev–Trinajstić information content (AvgIpc) is 2.75. The zero-order chi connectivity index (χ0) is 11.8. The summed E-state index contributed by atoms with van der Waals surface area (Å²) in [6.07, 6.45) is 8.92. The summed E-state index contributed by atoms with van der Waals surface area (Å²) in [5, 5.41) is 2.92. The third-order valence-corrected chi connectivity index (χ3v) is 2.48. The van der Waals surface area contributed by atoms with Gasteiger partial charge >= 0.3 is 0 Å². The molecular formula is C12H21N3O. The number of carbonyl (C=O) groups excluding carboxylic acids is 1. The minimum absolute atomic E-state index is 0.0888. The van der Waals surface area contributed by atoms with Crippen molar-refractivity contribution in [1.82, 2.24) is 14.9 Å². The van der Waals surface area contributed by atoms with E-state index < -0.39 is 0 Å². The fourth-order valence-corrected chi connectivity index (χ4v) is 1.43. The van der Waals surface area contributed by atoms with E-state index >= 15 is 0 Å². The van der Waals surface area contributed by atoms with Crippen molar-refractivity contribution in [3.05, 3.63) is 18.7 Å². The molecule has 1 N–H and O–H groups in total. The SMILES string of the molecule is CC(C)C(=O)NCCCCCn1ccnc1. The van der Waals surface area contributed by atoms with E-state index in [-0.39, 0.29) is 11.8 Å². The Morgan fingerprint density at radius 2 is 2.19 bits per heavy atom. The Hall–Kier alpha value is -1.32. The van der Waals surface area contributed by atoms with Crippen molar-refractivity contribution in [3.63, 3.8) is 0 Å². The molecule has 0 aromatic carbocycles. The maximum atomic E-state index is 11.2. The van der Waals surface area contributed by atoms with Gasteiger partial charge in [0.1, 0.15) is 0 Å². The summed E-state index contributed by atoms with van der Waals surface area (Å²) < 4.78 is 2.08. The molecule has 0 fully saturated rings. The smallest absolute Gasteiger partial charge is 0.222 e. The fraction of sp³-hybridized carbons (Fsp3) is 0.667. The number of nitrogens with zero attached hydrogens (tertiary/aromatic N) is 2. The van der Waals surface area contributed by atoms with Crippen LogP contribution in [0.15, 0.2) is 18.7 Å². The zero-order valence-corrected chi connectivity index (χ0v) is 10.1. The van der Waals surface area contributed by atoms with E-state index in [0.717, 1.165) is 32.4 Å². The van der Waals surface area contributed by atoms with Crippen LogP contribution >= 0.6 is 0 Å². The lowest BCUT2D eigenvalue weighted by atomic mass is 10.2. The van der Waals surface area contributed by atoms with Crippen LogP contribution in [0.5, 0.6) is 0 Å². The molecule has 4 nitrogen and oxygen atoms in total. The predicted molar refractivity (Wildman–Crippen MR) is 63.9 cm³/mol. The first-order valence-corrected chi connectivity index (χ1v) is 5.93. The second-order valence-electron chi connectivity index (χ2n) is 4.31. The summed E-state index contributed by atoms with van der Waals surface area (Å²) in [4.78, 5) is 15.2. The summed E-state index contributed by atoms with van der Waals surface area (Å²) in [7, 11) is 0. The van der Waals surface area contributed by atoms with E-state index in [4.69, 9.17) is 0 Å². The van der Waals surface area contributed by atoms with Gasteiger partial charge in [0.25, 0.3) is 0 Å². The summed E-state index contributed by atoms with van der Waals surface area (Å²) in [6, 6.07) is 0. The summed E-state index contributed by atoms with van der Waals surface area (Å²) in [5.74, 6) is 0.237. The van der Waals surface area contributed by atoms with Crippen LogP contribution in [0.2, 0.25) is 0 Å². The topological polar surface area (TPSA) is 46.9 Å². The third kappa shape index (κ3) is 4.96. The molecule has 1 aromatic heterocycles. The second-order valence-corrected chi connectivity index (χ2v) is 4.31. The number of aryl methyl sites for hydroxylation is 1. The lowest BCUT2D eigenvalue weighted by Gasteiger charge is -2.07. The number of unbranched alkanes of at least 4 members (excludes halogenated alkanes) is 2. The molecule has 0 aliphatic heterocycles.